The molecule has 1 saturated carbocycles. The topological polar surface area (TPSA) is 83.4 Å². The van der Waals surface area contributed by atoms with E-state index in [1.807, 2.05) is 42.5 Å². The van der Waals surface area contributed by atoms with Gasteiger partial charge in [-0.05, 0) is 54.8 Å². The van der Waals surface area contributed by atoms with Crippen LogP contribution in [0.2, 0.25) is 0 Å². The number of carbonyl (C=O) groups excluding carboxylic acids is 2. The summed E-state index contributed by atoms with van der Waals surface area (Å²) in [5, 5.41) is 9.12. The molecule has 1 unspecified atom stereocenters. The van der Waals surface area contributed by atoms with Crippen molar-refractivity contribution >= 4 is 23.2 Å². The van der Waals surface area contributed by atoms with Gasteiger partial charge in [-0.25, -0.2) is 0 Å². The molecule has 0 spiro atoms. The van der Waals surface area contributed by atoms with Gasteiger partial charge in [0, 0.05) is 17.4 Å². The summed E-state index contributed by atoms with van der Waals surface area (Å²) in [7, 11) is 0. The third-order valence-corrected chi connectivity index (χ3v) is 4.52. The zero-order chi connectivity index (χ0) is 19.3. The van der Waals surface area contributed by atoms with Gasteiger partial charge in [0.1, 0.15) is 6.04 Å². The maximum atomic E-state index is 12.7. The van der Waals surface area contributed by atoms with Crippen LogP contribution in [0.4, 0.5) is 11.4 Å². The highest BCUT2D eigenvalue weighted by Crippen LogP contribution is 2.24. The van der Waals surface area contributed by atoms with Crippen molar-refractivity contribution in [3.63, 3.8) is 0 Å². The Hall–Kier alpha value is -3.54. The number of anilines is 2. The first kappa shape index (κ1) is 17.9. The third-order valence-electron chi connectivity index (χ3n) is 4.52. The van der Waals surface area contributed by atoms with Gasteiger partial charge in [0.15, 0.2) is 5.76 Å². The molecule has 3 N–H and O–H groups in total. The molecule has 1 heterocycles. The molecular weight excluding hydrogens is 354 g/mol. The number of hydrogen-bond acceptors (Lipinski definition) is 4. The minimum atomic E-state index is -0.481. The van der Waals surface area contributed by atoms with Crippen LogP contribution < -0.4 is 16.0 Å². The number of amides is 2. The van der Waals surface area contributed by atoms with E-state index in [2.05, 4.69) is 16.0 Å². The first-order valence-corrected chi connectivity index (χ1v) is 9.26. The maximum absolute atomic E-state index is 12.7. The fraction of sp³-hybridized carbons (Fsp3) is 0.182. The van der Waals surface area contributed by atoms with Gasteiger partial charge in [-0.15, -0.1) is 0 Å². The fourth-order valence-electron chi connectivity index (χ4n) is 2.87. The van der Waals surface area contributed by atoms with Crippen LogP contribution in [0.3, 0.4) is 0 Å². The molecule has 3 aromatic rings. The average molecular weight is 375 g/mol. The van der Waals surface area contributed by atoms with E-state index in [4.69, 9.17) is 4.42 Å². The van der Waals surface area contributed by atoms with Crippen LogP contribution in [-0.2, 0) is 4.79 Å². The number of rotatable bonds is 7. The van der Waals surface area contributed by atoms with Gasteiger partial charge in [0.25, 0.3) is 5.91 Å². The Morgan fingerprint density at radius 1 is 0.893 bits per heavy atom. The highest BCUT2D eigenvalue weighted by Gasteiger charge is 2.28. The zero-order valence-corrected chi connectivity index (χ0v) is 15.2. The van der Waals surface area contributed by atoms with Gasteiger partial charge >= 0.3 is 0 Å². The lowest BCUT2D eigenvalue weighted by Crippen LogP contribution is -2.34. The summed E-state index contributed by atoms with van der Waals surface area (Å²) in [5.41, 5.74) is 2.33. The first-order chi connectivity index (χ1) is 13.7. The van der Waals surface area contributed by atoms with E-state index in [-0.39, 0.29) is 17.6 Å². The lowest BCUT2D eigenvalue weighted by atomic mass is 10.1. The fourth-order valence-corrected chi connectivity index (χ4v) is 2.87. The van der Waals surface area contributed by atoms with Crippen LogP contribution in [0, 0.1) is 0 Å². The monoisotopic (exact) mass is 375 g/mol. The van der Waals surface area contributed by atoms with E-state index in [0.29, 0.717) is 11.7 Å². The minimum Gasteiger partial charge on any atom is -0.459 e. The number of hydrogen-bond donors (Lipinski definition) is 3. The van der Waals surface area contributed by atoms with Crippen molar-refractivity contribution in [2.45, 2.75) is 24.9 Å². The molecule has 0 radical (unpaired) electrons. The zero-order valence-electron chi connectivity index (χ0n) is 15.2. The van der Waals surface area contributed by atoms with Crippen molar-refractivity contribution in [2.75, 3.05) is 10.6 Å². The van der Waals surface area contributed by atoms with Crippen molar-refractivity contribution in [2.24, 2.45) is 0 Å². The molecule has 142 valence electrons. The van der Waals surface area contributed by atoms with Gasteiger partial charge in [-0.2, -0.15) is 0 Å². The molecule has 0 bridgehead atoms. The first-order valence-electron chi connectivity index (χ1n) is 9.26. The van der Waals surface area contributed by atoms with E-state index in [1.165, 1.54) is 6.26 Å². The lowest BCUT2D eigenvalue weighted by Gasteiger charge is -2.20. The summed E-state index contributed by atoms with van der Waals surface area (Å²) in [6, 6.07) is 19.9. The Bertz CT molecular complexity index is 933. The third kappa shape index (κ3) is 4.40. The van der Waals surface area contributed by atoms with Gasteiger partial charge in [-0.1, -0.05) is 30.3 Å². The lowest BCUT2D eigenvalue weighted by molar-refractivity contribution is -0.122. The Kier molecular flexibility index (Phi) is 5.10. The molecule has 1 aliphatic rings. The summed E-state index contributed by atoms with van der Waals surface area (Å²) >= 11 is 0. The molecule has 2 aromatic carbocycles. The predicted octanol–water partition coefficient (Wildman–Crippen LogP) is 3.96. The summed E-state index contributed by atoms with van der Waals surface area (Å²) < 4.78 is 5.09. The molecule has 1 fully saturated rings. The summed E-state index contributed by atoms with van der Waals surface area (Å²) in [6.45, 7) is 0. The summed E-state index contributed by atoms with van der Waals surface area (Å²) in [4.78, 5) is 24.7. The van der Waals surface area contributed by atoms with Crippen molar-refractivity contribution in [3.05, 3.63) is 84.3 Å². The summed E-state index contributed by atoms with van der Waals surface area (Å²) in [6.07, 6.45) is 3.53. The molecule has 1 aliphatic carbocycles. The summed E-state index contributed by atoms with van der Waals surface area (Å²) in [5.74, 6) is -0.0938. The standard InChI is InChI=1S/C22H21N3O3/c26-21(19-7-4-14-28-19)24-17-10-8-16(9-11-17)23-20(15-5-2-1-3-6-15)22(27)25-18-12-13-18/h1-11,14,18,20,23H,12-13H2,(H,24,26)(H,25,27). The smallest absolute Gasteiger partial charge is 0.291 e. The average Bonchev–Trinajstić information content (AvgIpc) is 3.35. The number of carbonyl (C=O) groups is 2. The van der Waals surface area contributed by atoms with Gasteiger partial charge in [0.05, 0.1) is 6.26 Å². The van der Waals surface area contributed by atoms with Gasteiger partial charge in [-0.3, -0.25) is 9.59 Å². The number of furan rings is 1. The highest BCUT2D eigenvalue weighted by molar-refractivity contribution is 6.02. The van der Waals surface area contributed by atoms with E-state index in [1.54, 1.807) is 24.3 Å². The molecular formula is C22H21N3O3. The molecule has 0 aliphatic heterocycles. The van der Waals surface area contributed by atoms with Crippen LogP contribution >= 0.6 is 0 Å². The minimum absolute atomic E-state index is 0.0381. The Balaban J connectivity index is 1.45. The van der Waals surface area contributed by atoms with Crippen LogP contribution in [-0.4, -0.2) is 17.9 Å². The Morgan fingerprint density at radius 3 is 2.25 bits per heavy atom. The van der Waals surface area contributed by atoms with Crippen molar-refractivity contribution in [1.82, 2.24) is 5.32 Å². The van der Waals surface area contributed by atoms with Crippen LogP contribution in [0.15, 0.2) is 77.4 Å². The SMILES string of the molecule is O=C(Nc1ccc(NC(C(=O)NC2CC2)c2ccccc2)cc1)c1ccco1. The van der Waals surface area contributed by atoms with Gasteiger partial charge in [0.2, 0.25) is 5.91 Å². The highest BCUT2D eigenvalue weighted by atomic mass is 16.3. The van der Waals surface area contributed by atoms with Crippen molar-refractivity contribution in [1.29, 1.82) is 0 Å². The van der Waals surface area contributed by atoms with Crippen LogP contribution in [0.1, 0.15) is 35.0 Å². The van der Waals surface area contributed by atoms with E-state index < -0.39 is 6.04 Å². The number of nitrogens with one attached hydrogen (secondary N) is 3. The van der Waals surface area contributed by atoms with Crippen molar-refractivity contribution < 1.29 is 14.0 Å². The maximum Gasteiger partial charge on any atom is 0.291 e. The second kappa shape index (κ2) is 8.00. The predicted molar refractivity (Wildman–Crippen MR) is 107 cm³/mol. The molecule has 4 rings (SSSR count). The Morgan fingerprint density at radius 2 is 1.61 bits per heavy atom. The van der Waals surface area contributed by atoms with E-state index >= 15 is 0 Å². The quantitative estimate of drug-likeness (QED) is 0.584. The van der Waals surface area contributed by atoms with Crippen molar-refractivity contribution in [3.8, 4) is 0 Å². The molecule has 6 nitrogen and oxygen atoms in total. The normalized spacial score (nSPS) is 14.1. The molecule has 6 heteroatoms. The van der Waals surface area contributed by atoms with Crippen LogP contribution in [0.25, 0.3) is 0 Å². The molecule has 2 amide bonds. The second-order valence-electron chi connectivity index (χ2n) is 6.78. The largest absolute Gasteiger partial charge is 0.459 e. The van der Waals surface area contributed by atoms with Crippen LogP contribution in [0.5, 0.6) is 0 Å². The molecule has 1 aromatic heterocycles. The molecule has 28 heavy (non-hydrogen) atoms. The molecule has 1 atom stereocenters. The van der Waals surface area contributed by atoms with E-state index in [0.717, 1.165) is 24.1 Å². The van der Waals surface area contributed by atoms with E-state index in [9.17, 15) is 9.59 Å². The van der Waals surface area contributed by atoms with Gasteiger partial charge < -0.3 is 20.4 Å². The molecule has 0 saturated heterocycles. The Labute approximate surface area is 162 Å². The number of benzene rings is 2. The second-order valence-corrected chi connectivity index (χ2v) is 6.78.